The minimum atomic E-state index is -0.0986. The van der Waals surface area contributed by atoms with Gasteiger partial charge in [-0.15, -0.1) is 11.8 Å². The first-order valence-corrected chi connectivity index (χ1v) is 8.36. The van der Waals surface area contributed by atoms with Gasteiger partial charge in [-0.25, -0.2) is 0 Å². The Kier molecular flexibility index (Phi) is 4.10. The van der Waals surface area contributed by atoms with Crippen molar-refractivity contribution in [3.63, 3.8) is 0 Å². The predicted molar refractivity (Wildman–Crippen MR) is 85.5 cm³/mol. The molecule has 1 aliphatic heterocycles. The van der Waals surface area contributed by atoms with Crippen LogP contribution in [0, 0.1) is 0 Å². The first kappa shape index (κ1) is 14.0. The number of rotatable bonds is 2. The van der Waals surface area contributed by atoms with Crippen LogP contribution in [0.15, 0.2) is 39.8 Å². The van der Waals surface area contributed by atoms with Gasteiger partial charge >= 0.3 is 0 Å². The van der Waals surface area contributed by atoms with Crippen LogP contribution in [0.1, 0.15) is 28.5 Å². The molecule has 0 radical (unpaired) electrons. The van der Waals surface area contributed by atoms with E-state index in [9.17, 15) is 4.79 Å². The second-order valence-electron chi connectivity index (χ2n) is 4.58. The summed E-state index contributed by atoms with van der Waals surface area (Å²) in [7, 11) is 0. The Morgan fingerprint density at radius 1 is 1.45 bits per heavy atom. The molecule has 20 heavy (non-hydrogen) atoms. The quantitative estimate of drug-likeness (QED) is 0.822. The van der Waals surface area contributed by atoms with E-state index in [1.165, 1.54) is 4.90 Å². The Bertz CT molecular complexity index is 658. The first-order chi connectivity index (χ1) is 9.63. The molecule has 1 aromatic carbocycles. The van der Waals surface area contributed by atoms with Crippen molar-refractivity contribution in [1.29, 1.82) is 0 Å². The number of thioether (sulfide) groups is 1. The minimum Gasteiger partial charge on any atom is -0.356 e. The fraction of sp³-hybridized carbons (Fsp3) is 0.214. The van der Waals surface area contributed by atoms with Crippen LogP contribution in [0.5, 0.6) is 0 Å². The lowest BCUT2D eigenvalue weighted by Gasteiger charge is -2.26. The molecule has 1 aliphatic rings. The van der Waals surface area contributed by atoms with Crippen LogP contribution < -0.4 is 5.32 Å². The van der Waals surface area contributed by atoms with E-state index in [1.54, 1.807) is 24.0 Å². The number of carbonyl (C=O) groups excluding carboxylic acids is 1. The van der Waals surface area contributed by atoms with Crippen LogP contribution in [0.2, 0.25) is 5.02 Å². The average molecular weight is 372 g/mol. The predicted octanol–water partition coefficient (Wildman–Crippen LogP) is 4.40. The lowest BCUT2D eigenvalue weighted by molar-refractivity contribution is 0.0930. The lowest BCUT2D eigenvalue weighted by atomic mass is 10.0. The van der Waals surface area contributed by atoms with Gasteiger partial charge in [0.25, 0.3) is 5.91 Å². The zero-order valence-corrected chi connectivity index (χ0v) is 13.6. The molecule has 0 saturated carbocycles. The van der Waals surface area contributed by atoms with Crippen LogP contribution in [0.4, 0.5) is 0 Å². The molecule has 1 atom stereocenters. The van der Waals surface area contributed by atoms with E-state index < -0.39 is 0 Å². The van der Waals surface area contributed by atoms with Gasteiger partial charge in [-0.05, 0) is 52.2 Å². The largest absolute Gasteiger partial charge is 0.356 e. The Labute approximate surface area is 134 Å². The summed E-state index contributed by atoms with van der Waals surface area (Å²) in [5.41, 5.74) is 1.66. The van der Waals surface area contributed by atoms with Crippen molar-refractivity contribution in [3.8, 4) is 0 Å². The standard InChI is InChI=1S/C14H12BrClN2OS/c15-8-5-12(17-7-8)14(19)18-11-3-4-20-13-2-1-9(16)6-10(11)13/h1-2,5-7,11,17H,3-4H2,(H,18,19)/t11-/m0/s1. The molecule has 0 spiro atoms. The number of hydrogen-bond acceptors (Lipinski definition) is 2. The first-order valence-electron chi connectivity index (χ1n) is 6.20. The van der Waals surface area contributed by atoms with Gasteiger partial charge in [0.05, 0.1) is 6.04 Å². The van der Waals surface area contributed by atoms with Crippen LogP contribution in [0.3, 0.4) is 0 Å². The van der Waals surface area contributed by atoms with Crippen LogP contribution in [-0.2, 0) is 0 Å². The van der Waals surface area contributed by atoms with Gasteiger partial charge in [0, 0.05) is 26.3 Å². The molecule has 0 saturated heterocycles. The fourth-order valence-electron chi connectivity index (χ4n) is 2.25. The molecule has 0 unspecified atom stereocenters. The van der Waals surface area contributed by atoms with E-state index in [2.05, 4.69) is 26.2 Å². The highest BCUT2D eigenvalue weighted by atomic mass is 79.9. The summed E-state index contributed by atoms with van der Waals surface area (Å²) in [6.45, 7) is 0. The maximum absolute atomic E-state index is 12.2. The highest BCUT2D eigenvalue weighted by molar-refractivity contribution is 9.10. The molecule has 2 heterocycles. The Hall–Kier alpha value is -0.910. The third-order valence-corrected chi connectivity index (χ3v) is 5.02. The van der Waals surface area contributed by atoms with Crippen molar-refractivity contribution >= 4 is 45.2 Å². The molecule has 2 aromatic rings. The van der Waals surface area contributed by atoms with Gasteiger partial charge in [0.15, 0.2) is 0 Å². The van der Waals surface area contributed by atoms with Gasteiger partial charge in [0.2, 0.25) is 0 Å². The summed E-state index contributed by atoms with van der Waals surface area (Å²) in [6.07, 6.45) is 2.65. The van der Waals surface area contributed by atoms with E-state index in [0.29, 0.717) is 10.7 Å². The zero-order chi connectivity index (χ0) is 14.1. The van der Waals surface area contributed by atoms with Crippen molar-refractivity contribution in [2.45, 2.75) is 17.4 Å². The molecule has 0 fully saturated rings. The zero-order valence-electron chi connectivity index (χ0n) is 10.5. The summed E-state index contributed by atoms with van der Waals surface area (Å²) < 4.78 is 0.866. The summed E-state index contributed by atoms with van der Waals surface area (Å²) >= 11 is 11.2. The lowest BCUT2D eigenvalue weighted by Crippen LogP contribution is -2.30. The van der Waals surface area contributed by atoms with E-state index in [-0.39, 0.29) is 11.9 Å². The van der Waals surface area contributed by atoms with Gasteiger partial charge in [0.1, 0.15) is 5.69 Å². The summed E-state index contributed by atoms with van der Waals surface area (Å²) in [6, 6.07) is 7.63. The van der Waals surface area contributed by atoms with Crippen LogP contribution in [0.25, 0.3) is 0 Å². The van der Waals surface area contributed by atoms with Gasteiger partial charge in [-0.3, -0.25) is 4.79 Å². The Morgan fingerprint density at radius 2 is 2.30 bits per heavy atom. The molecule has 0 bridgehead atoms. The number of aromatic amines is 1. The molecule has 1 aromatic heterocycles. The van der Waals surface area contributed by atoms with E-state index >= 15 is 0 Å². The molecule has 3 nitrogen and oxygen atoms in total. The maximum Gasteiger partial charge on any atom is 0.268 e. The van der Waals surface area contributed by atoms with Crippen LogP contribution in [-0.4, -0.2) is 16.6 Å². The number of H-pyrrole nitrogens is 1. The molecule has 1 amide bonds. The Morgan fingerprint density at radius 3 is 3.05 bits per heavy atom. The topological polar surface area (TPSA) is 44.9 Å². The van der Waals surface area contributed by atoms with E-state index in [0.717, 1.165) is 22.2 Å². The summed E-state index contributed by atoms with van der Waals surface area (Å²) in [5.74, 6) is 0.895. The van der Waals surface area contributed by atoms with Crippen LogP contribution >= 0.6 is 39.3 Å². The van der Waals surface area contributed by atoms with Gasteiger partial charge in [-0.1, -0.05) is 11.6 Å². The number of benzene rings is 1. The summed E-state index contributed by atoms with van der Waals surface area (Å²) in [4.78, 5) is 16.4. The Balaban J connectivity index is 1.82. The number of halogens is 2. The highest BCUT2D eigenvalue weighted by Crippen LogP contribution is 2.37. The van der Waals surface area contributed by atoms with E-state index in [1.807, 2.05) is 18.2 Å². The smallest absolute Gasteiger partial charge is 0.268 e. The van der Waals surface area contributed by atoms with E-state index in [4.69, 9.17) is 11.6 Å². The number of hydrogen-bond donors (Lipinski definition) is 2. The van der Waals surface area contributed by atoms with Crippen molar-refractivity contribution < 1.29 is 4.79 Å². The number of carbonyl (C=O) groups is 1. The third kappa shape index (κ3) is 2.90. The molecule has 0 aliphatic carbocycles. The molecule has 3 rings (SSSR count). The normalized spacial score (nSPS) is 17.6. The van der Waals surface area contributed by atoms with Gasteiger partial charge < -0.3 is 10.3 Å². The number of fused-ring (bicyclic) bond motifs is 1. The molecule has 6 heteroatoms. The second-order valence-corrected chi connectivity index (χ2v) is 7.07. The fourth-order valence-corrected chi connectivity index (χ4v) is 3.88. The molecular formula is C14H12BrClN2OS. The van der Waals surface area contributed by atoms with Crippen molar-refractivity contribution in [3.05, 3.63) is 51.2 Å². The van der Waals surface area contributed by atoms with Crippen molar-refractivity contribution in [2.75, 3.05) is 5.75 Å². The van der Waals surface area contributed by atoms with Crippen molar-refractivity contribution in [2.24, 2.45) is 0 Å². The number of nitrogens with one attached hydrogen (secondary N) is 2. The molecule has 104 valence electrons. The monoisotopic (exact) mass is 370 g/mol. The average Bonchev–Trinajstić information content (AvgIpc) is 2.86. The molecular weight excluding hydrogens is 360 g/mol. The number of aromatic nitrogens is 1. The second kappa shape index (κ2) is 5.84. The van der Waals surface area contributed by atoms with Gasteiger partial charge in [-0.2, -0.15) is 0 Å². The number of amides is 1. The maximum atomic E-state index is 12.2. The minimum absolute atomic E-state index is 0.0134. The SMILES string of the molecule is O=C(N[C@H]1CCSc2ccc(Cl)cc21)c1cc(Br)c[nH]1. The van der Waals surface area contributed by atoms with Crippen molar-refractivity contribution in [1.82, 2.24) is 10.3 Å². The summed E-state index contributed by atoms with van der Waals surface area (Å²) in [5, 5.41) is 3.77. The highest BCUT2D eigenvalue weighted by Gasteiger charge is 2.23. The molecule has 2 N–H and O–H groups in total. The third-order valence-electron chi connectivity index (χ3n) is 3.21.